The maximum Gasteiger partial charge on any atom is 0.253 e. The van der Waals surface area contributed by atoms with E-state index in [1.54, 1.807) is 12.5 Å². The van der Waals surface area contributed by atoms with Gasteiger partial charge in [-0.15, -0.1) is 0 Å². The zero-order valence-electron chi connectivity index (χ0n) is 14.9. The summed E-state index contributed by atoms with van der Waals surface area (Å²) in [6, 6.07) is 5.90. The van der Waals surface area contributed by atoms with Crippen molar-refractivity contribution in [1.82, 2.24) is 19.8 Å². The van der Waals surface area contributed by atoms with Gasteiger partial charge >= 0.3 is 0 Å². The van der Waals surface area contributed by atoms with Crippen LogP contribution in [0, 0.1) is 12.8 Å². The van der Waals surface area contributed by atoms with Gasteiger partial charge in [0, 0.05) is 38.6 Å². The highest BCUT2D eigenvalue weighted by Gasteiger charge is 2.16. The van der Waals surface area contributed by atoms with Gasteiger partial charge in [-0.1, -0.05) is 18.6 Å². The van der Waals surface area contributed by atoms with Crippen LogP contribution in [0.3, 0.4) is 0 Å². The molecular weight excluding hydrogens is 316 g/mol. The summed E-state index contributed by atoms with van der Waals surface area (Å²) in [6.45, 7) is 9.35. The summed E-state index contributed by atoms with van der Waals surface area (Å²) in [5.41, 5.74) is 2.59. The molecule has 25 heavy (non-hydrogen) atoms. The Kier molecular flexibility index (Phi) is 5.83. The second-order valence-electron chi connectivity index (χ2n) is 6.72. The molecule has 2 heterocycles. The highest BCUT2D eigenvalue weighted by Crippen LogP contribution is 2.16. The molecule has 134 valence electrons. The lowest BCUT2D eigenvalue weighted by Gasteiger charge is -2.29. The van der Waals surface area contributed by atoms with Crippen molar-refractivity contribution >= 4 is 5.91 Å². The first-order chi connectivity index (χ1) is 12.1. The summed E-state index contributed by atoms with van der Waals surface area (Å²) < 4.78 is 7.24. The average molecular weight is 342 g/mol. The first-order valence-electron chi connectivity index (χ1n) is 8.81. The van der Waals surface area contributed by atoms with Crippen LogP contribution in [0.4, 0.5) is 0 Å². The zero-order valence-corrected chi connectivity index (χ0v) is 14.9. The number of imidazole rings is 1. The van der Waals surface area contributed by atoms with Crippen molar-refractivity contribution in [3.8, 4) is 5.69 Å². The quantitative estimate of drug-likeness (QED) is 0.871. The molecule has 1 atom stereocenters. The predicted molar refractivity (Wildman–Crippen MR) is 97.1 cm³/mol. The third-order valence-electron chi connectivity index (χ3n) is 4.46. The van der Waals surface area contributed by atoms with E-state index in [0.29, 0.717) is 18.0 Å². The minimum absolute atomic E-state index is 0.0405. The van der Waals surface area contributed by atoms with Gasteiger partial charge in [0.1, 0.15) is 0 Å². The van der Waals surface area contributed by atoms with Crippen LogP contribution in [0.1, 0.15) is 22.8 Å². The summed E-state index contributed by atoms with van der Waals surface area (Å²) in [4.78, 5) is 19.2. The van der Waals surface area contributed by atoms with Crippen molar-refractivity contribution in [2.75, 3.05) is 39.4 Å². The topological polar surface area (TPSA) is 59.4 Å². The molecule has 1 fully saturated rings. The smallest absolute Gasteiger partial charge is 0.253 e. The number of ether oxygens (including phenoxy) is 1. The average Bonchev–Trinajstić information content (AvgIpc) is 3.15. The van der Waals surface area contributed by atoms with Gasteiger partial charge in [0.05, 0.1) is 30.8 Å². The van der Waals surface area contributed by atoms with E-state index in [1.165, 1.54) is 0 Å². The fraction of sp³-hybridized carbons (Fsp3) is 0.474. The lowest BCUT2D eigenvalue weighted by atomic mass is 10.1. The molecule has 1 aliphatic heterocycles. The number of nitrogens with zero attached hydrogens (tertiary/aromatic N) is 3. The fourth-order valence-electron chi connectivity index (χ4n) is 3.11. The Hall–Kier alpha value is -2.18. The number of benzene rings is 1. The highest BCUT2D eigenvalue weighted by molar-refractivity contribution is 5.98. The van der Waals surface area contributed by atoms with Gasteiger partial charge in [-0.2, -0.15) is 0 Å². The summed E-state index contributed by atoms with van der Waals surface area (Å²) in [6.07, 6.45) is 5.27. The van der Waals surface area contributed by atoms with Crippen LogP contribution in [-0.4, -0.2) is 59.8 Å². The molecule has 1 saturated heterocycles. The van der Waals surface area contributed by atoms with E-state index in [4.69, 9.17) is 4.74 Å². The van der Waals surface area contributed by atoms with Crippen molar-refractivity contribution in [1.29, 1.82) is 0 Å². The molecule has 0 radical (unpaired) electrons. The van der Waals surface area contributed by atoms with Crippen LogP contribution in [0.15, 0.2) is 36.9 Å². The molecule has 6 heteroatoms. The van der Waals surface area contributed by atoms with Gasteiger partial charge in [0.2, 0.25) is 0 Å². The largest absolute Gasteiger partial charge is 0.379 e. The Morgan fingerprint density at radius 2 is 2.16 bits per heavy atom. The van der Waals surface area contributed by atoms with Crippen LogP contribution in [0.2, 0.25) is 0 Å². The molecule has 0 aliphatic carbocycles. The van der Waals surface area contributed by atoms with Gasteiger partial charge in [-0.3, -0.25) is 9.69 Å². The molecular formula is C19H26N4O2. The van der Waals surface area contributed by atoms with Crippen LogP contribution in [-0.2, 0) is 4.74 Å². The standard InChI is InChI=1S/C19H26N4O2/c1-15-3-4-18(23-6-5-20-14-23)17(11-15)19(24)21-12-16(2)13-22-7-9-25-10-8-22/h3-6,11,14,16H,7-10,12-13H2,1-2H3,(H,21,24). The Labute approximate surface area is 148 Å². The Balaban J connectivity index is 1.62. The van der Waals surface area contributed by atoms with Crippen LogP contribution < -0.4 is 5.32 Å². The van der Waals surface area contributed by atoms with Gasteiger partial charge in [0.15, 0.2) is 0 Å². The molecule has 1 aliphatic rings. The third kappa shape index (κ3) is 4.67. The fourth-order valence-corrected chi connectivity index (χ4v) is 3.11. The molecule has 2 aromatic rings. The van der Waals surface area contributed by atoms with Crippen molar-refractivity contribution < 1.29 is 9.53 Å². The Morgan fingerprint density at radius 1 is 1.36 bits per heavy atom. The monoisotopic (exact) mass is 342 g/mol. The molecule has 0 spiro atoms. The van der Waals surface area contributed by atoms with Crippen LogP contribution in [0.25, 0.3) is 5.69 Å². The van der Waals surface area contributed by atoms with Crippen molar-refractivity contribution in [2.24, 2.45) is 5.92 Å². The molecule has 6 nitrogen and oxygen atoms in total. The number of carbonyl (C=O) groups is 1. The van der Waals surface area contributed by atoms with E-state index in [2.05, 4.69) is 22.1 Å². The molecule has 1 N–H and O–H groups in total. The zero-order chi connectivity index (χ0) is 17.6. The van der Waals surface area contributed by atoms with Crippen molar-refractivity contribution in [3.63, 3.8) is 0 Å². The van der Waals surface area contributed by atoms with Crippen molar-refractivity contribution in [3.05, 3.63) is 48.0 Å². The molecule has 1 amide bonds. The van der Waals surface area contributed by atoms with E-state index in [0.717, 1.165) is 44.1 Å². The lowest BCUT2D eigenvalue weighted by molar-refractivity contribution is 0.0317. The minimum Gasteiger partial charge on any atom is -0.379 e. The number of rotatable bonds is 6. The predicted octanol–water partition coefficient (Wildman–Crippen LogP) is 1.88. The third-order valence-corrected chi connectivity index (χ3v) is 4.46. The normalized spacial score (nSPS) is 16.6. The second-order valence-corrected chi connectivity index (χ2v) is 6.72. The number of aryl methyl sites for hydroxylation is 1. The first-order valence-corrected chi connectivity index (χ1v) is 8.81. The summed E-state index contributed by atoms with van der Waals surface area (Å²) in [5.74, 6) is 0.352. The molecule has 1 aromatic carbocycles. The first kappa shape index (κ1) is 17.6. The summed E-state index contributed by atoms with van der Waals surface area (Å²) >= 11 is 0. The van der Waals surface area contributed by atoms with Crippen molar-refractivity contribution in [2.45, 2.75) is 13.8 Å². The molecule has 0 bridgehead atoms. The second kappa shape index (κ2) is 8.27. The van der Waals surface area contributed by atoms with Gasteiger partial charge in [-0.25, -0.2) is 4.98 Å². The highest BCUT2D eigenvalue weighted by atomic mass is 16.5. The molecule has 1 aromatic heterocycles. The minimum atomic E-state index is -0.0405. The van der Waals surface area contributed by atoms with Crippen LogP contribution >= 0.6 is 0 Å². The number of hydrogen-bond donors (Lipinski definition) is 1. The van der Waals surface area contributed by atoms with E-state index >= 15 is 0 Å². The number of aromatic nitrogens is 2. The number of morpholine rings is 1. The molecule has 1 unspecified atom stereocenters. The van der Waals surface area contributed by atoms with E-state index in [9.17, 15) is 4.79 Å². The SMILES string of the molecule is Cc1ccc(-n2ccnc2)c(C(=O)NCC(C)CN2CCOCC2)c1. The lowest BCUT2D eigenvalue weighted by Crippen LogP contribution is -2.41. The molecule has 3 rings (SSSR count). The van der Waals surface area contributed by atoms with E-state index < -0.39 is 0 Å². The number of nitrogens with one attached hydrogen (secondary N) is 1. The van der Waals surface area contributed by atoms with Gasteiger partial charge in [0.25, 0.3) is 5.91 Å². The number of carbonyl (C=O) groups excluding carboxylic acids is 1. The van der Waals surface area contributed by atoms with E-state index in [1.807, 2.05) is 35.9 Å². The number of hydrogen-bond acceptors (Lipinski definition) is 4. The van der Waals surface area contributed by atoms with Gasteiger partial charge in [-0.05, 0) is 25.0 Å². The Morgan fingerprint density at radius 3 is 2.88 bits per heavy atom. The molecule has 0 saturated carbocycles. The Bertz CT molecular complexity index is 693. The maximum atomic E-state index is 12.7. The summed E-state index contributed by atoms with van der Waals surface area (Å²) in [5, 5.41) is 3.09. The van der Waals surface area contributed by atoms with Gasteiger partial charge < -0.3 is 14.6 Å². The van der Waals surface area contributed by atoms with Crippen LogP contribution in [0.5, 0.6) is 0 Å². The maximum absolute atomic E-state index is 12.7. The number of amides is 1. The van der Waals surface area contributed by atoms with E-state index in [-0.39, 0.29) is 5.91 Å². The summed E-state index contributed by atoms with van der Waals surface area (Å²) in [7, 11) is 0.